The number of aliphatic imine (C=N–C) groups is 1. The van der Waals surface area contributed by atoms with Gasteiger partial charge in [0, 0.05) is 6.92 Å². The van der Waals surface area contributed by atoms with Gasteiger partial charge < -0.3 is 0 Å². The molecule has 0 N–H and O–H groups in total. The highest BCUT2D eigenvalue weighted by atomic mass is 16.7. The zero-order chi connectivity index (χ0) is 8.32. The minimum Gasteiger partial charge on any atom is -0.266 e. The third kappa shape index (κ3) is 1.65. The van der Waals surface area contributed by atoms with Gasteiger partial charge in [0.05, 0.1) is 6.54 Å². The maximum absolute atomic E-state index is 10.6. The van der Waals surface area contributed by atoms with E-state index in [-0.39, 0.29) is 10.6 Å². The molecule has 0 spiro atoms. The van der Waals surface area contributed by atoms with Crippen molar-refractivity contribution in [3.63, 3.8) is 0 Å². The molecule has 0 aromatic carbocycles. The maximum Gasteiger partial charge on any atom is 0.364 e. The predicted octanol–water partition coefficient (Wildman–Crippen LogP) is 0.467. The first-order chi connectivity index (χ1) is 5.18. The molecule has 0 aliphatic carbocycles. The van der Waals surface area contributed by atoms with Crippen LogP contribution in [0.3, 0.4) is 0 Å². The predicted molar refractivity (Wildman–Crippen MR) is 40.4 cm³/mol. The topological polar surface area (TPSA) is 38.7 Å². The van der Waals surface area contributed by atoms with Gasteiger partial charge in [-0.2, -0.15) is 0 Å². The molecular weight excluding hydrogens is 144 g/mol. The molecule has 1 aliphatic heterocycles. The molecule has 0 bridgehead atoms. The van der Waals surface area contributed by atoms with E-state index >= 15 is 0 Å². The van der Waals surface area contributed by atoms with Gasteiger partial charge in [-0.1, -0.05) is 4.65 Å². The van der Waals surface area contributed by atoms with E-state index in [0.29, 0.717) is 13.1 Å². The van der Waals surface area contributed by atoms with E-state index in [9.17, 15) is 4.79 Å². The second-order valence-electron chi connectivity index (χ2n) is 2.36. The fourth-order valence-corrected chi connectivity index (χ4v) is 0.952. The van der Waals surface area contributed by atoms with Crippen molar-refractivity contribution in [3.05, 3.63) is 12.8 Å². The second kappa shape index (κ2) is 2.84. The number of carbonyl (C=O) groups excluding carboxylic acids is 1. The summed E-state index contributed by atoms with van der Waals surface area (Å²) >= 11 is 0. The van der Waals surface area contributed by atoms with Crippen LogP contribution in [0.5, 0.6) is 0 Å². The summed E-state index contributed by atoms with van der Waals surface area (Å²) < 4.78 is 0.0231. The van der Waals surface area contributed by atoms with Crippen LogP contribution in [0, 0.1) is 0 Å². The van der Waals surface area contributed by atoms with E-state index < -0.39 is 0 Å². The van der Waals surface area contributed by atoms with Crippen LogP contribution >= 0.6 is 0 Å². The first-order valence-electron chi connectivity index (χ1n) is 3.41. The van der Waals surface area contributed by atoms with Crippen LogP contribution in [0.25, 0.3) is 0 Å². The zero-order valence-corrected chi connectivity index (χ0v) is 6.49. The van der Waals surface area contributed by atoms with Crippen molar-refractivity contribution in [3.8, 4) is 0 Å². The Kier molecular flexibility index (Phi) is 2.05. The highest BCUT2D eigenvalue weighted by Gasteiger charge is 2.30. The highest BCUT2D eigenvalue weighted by molar-refractivity contribution is 5.66. The van der Waals surface area contributed by atoms with Crippen LogP contribution < -0.4 is 0 Å². The van der Waals surface area contributed by atoms with Crippen LogP contribution in [0.2, 0.25) is 0 Å². The summed E-state index contributed by atoms with van der Waals surface area (Å²) in [5, 5.41) is 0. The summed E-state index contributed by atoms with van der Waals surface area (Å²) in [5.41, 5.74) is 0. The van der Waals surface area contributed by atoms with Gasteiger partial charge in [-0.15, -0.1) is 0 Å². The van der Waals surface area contributed by atoms with Gasteiger partial charge in [0.1, 0.15) is 12.7 Å². The molecule has 60 valence electrons. The monoisotopic (exact) mass is 155 g/mol. The van der Waals surface area contributed by atoms with Crippen LogP contribution in [0.1, 0.15) is 6.92 Å². The Morgan fingerprint density at radius 3 is 3.00 bits per heavy atom. The van der Waals surface area contributed by atoms with Gasteiger partial charge in [-0.3, -0.25) is 4.84 Å². The first kappa shape index (κ1) is 7.94. The molecular formula is C7H11N2O2+. The Morgan fingerprint density at radius 2 is 2.64 bits per heavy atom. The molecule has 0 radical (unpaired) electrons. The summed E-state index contributed by atoms with van der Waals surface area (Å²) in [6.07, 6.45) is 3.13. The minimum absolute atomic E-state index is 0.0231. The van der Waals surface area contributed by atoms with E-state index in [0.717, 1.165) is 0 Å². The molecule has 0 aromatic rings. The molecule has 4 heteroatoms. The molecule has 0 aromatic heterocycles. The lowest BCUT2D eigenvalue weighted by atomic mass is 10.6. The molecule has 4 nitrogen and oxygen atoms in total. The van der Waals surface area contributed by atoms with Crippen molar-refractivity contribution in [2.45, 2.75) is 6.92 Å². The Hall–Kier alpha value is -1.16. The molecule has 1 heterocycles. The van der Waals surface area contributed by atoms with Crippen molar-refractivity contribution in [1.29, 1.82) is 0 Å². The third-order valence-corrected chi connectivity index (χ3v) is 1.46. The fraction of sp³-hybridized carbons (Fsp3) is 0.429. The van der Waals surface area contributed by atoms with E-state index in [4.69, 9.17) is 4.84 Å². The summed E-state index contributed by atoms with van der Waals surface area (Å²) in [4.78, 5) is 19.6. The second-order valence-corrected chi connectivity index (χ2v) is 2.36. The first-order valence-corrected chi connectivity index (χ1v) is 3.41. The largest absolute Gasteiger partial charge is 0.364 e. The molecule has 1 atom stereocenters. The van der Waals surface area contributed by atoms with Gasteiger partial charge in [0.15, 0.2) is 0 Å². The van der Waals surface area contributed by atoms with E-state index in [1.54, 1.807) is 12.5 Å². The number of nitrogens with zero attached hydrogens (tertiary/aromatic N) is 2. The molecule has 1 aliphatic rings. The zero-order valence-electron chi connectivity index (χ0n) is 6.49. The average molecular weight is 155 g/mol. The maximum atomic E-state index is 10.6. The number of quaternary nitrogens is 1. The standard InChI is InChI=1S/C7H11N2O2/c1-3-9(11-7(2)10)5-4-8-6-9/h3,6H,1,4-5H2,2H3/q+1. The van der Waals surface area contributed by atoms with Crippen LogP contribution in [0.15, 0.2) is 17.8 Å². The third-order valence-electron chi connectivity index (χ3n) is 1.46. The average Bonchev–Trinajstić information content (AvgIpc) is 2.36. The van der Waals surface area contributed by atoms with Gasteiger partial charge in [0.25, 0.3) is 0 Å². The van der Waals surface area contributed by atoms with Gasteiger partial charge >= 0.3 is 5.97 Å². The highest BCUT2D eigenvalue weighted by Crippen LogP contribution is 2.10. The van der Waals surface area contributed by atoms with Crippen LogP contribution in [-0.4, -0.2) is 30.0 Å². The molecule has 0 saturated carbocycles. The number of hydroxylamine groups is 3. The smallest absolute Gasteiger partial charge is 0.266 e. The summed E-state index contributed by atoms with van der Waals surface area (Å²) in [7, 11) is 0. The lowest BCUT2D eigenvalue weighted by Crippen LogP contribution is -2.40. The number of hydrogen-bond acceptors (Lipinski definition) is 3. The quantitative estimate of drug-likeness (QED) is 0.543. The van der Waals surface area contributed by atoms with E-state index in [1.807, 2.05) is 0 Å². The fourth-order valence-electron chi connectivity index (χ4n) is 0.952. The molecule has 11 heavy (non-hydrogen) atoms. The van der Waals surface area contributed by atoms with Crippen molar-refractivity contribution in [1.82, 2.24) is 0 Å². The van der Waals surface area contributed by atoms with Gasteiger partial charge in [-0.25, -0.2) is 9.79 Å². The summed E-state index contributed by atoms with van der Waals surface area (Å²) in [6, 6.07) is 0. The Labute approximate surface area is 65.3 Å². The lowest BCUT2D eigenvalue weighted by Gasteiger charge is -2.20. The number of rotatable bonds is 2. The summed E-state index contributed by atoms with van der Waals surface area (Å²) in [6.45, 7) is 6.28. The molecule has 0 saturated heterocycles. The van der Waals surface area contributed by atoms with Crippen molar-refractivity contribution < 1.29 is 14.3 Å². The van der Waals surface area contributed by atoms with E-state index in [2.05, 4.69) is 11.6 Å². The minimum atomic E-state index is -0.321. The molecule has 1 rings (SSSR count). The van der Waals surface area contributed by atoms with Gasteiger partial charge in [-0.05, 0) is 6.58 Å². The van der Waals surface area contributed by atoms with Crippen molar-refractivity contribution >= 4 is 12.3 Å². The van der Waals surface area contributed by atoms with E-state index in [1.165, 1.54) is 6.92 Å². The Bertz CT molecular complexity index is 212. The molecule has 0 fully saturated rings. The van der Waals surface area contributed by atoms with Crippen LogP contribution in [0.4, 0.5) is 0 Å². The molecule has 1 unspecified atom stereocenters. The normalized spacial score (nSPS) is 28.5. The van der Waals surface area contributed by atoms with Crippen LogP contribution in [-0.2, 0) is 9.63 Å². The molecule has 0 amide bonds. The summed E-state index contributed by atoms with van der Waals surface area (Å²) in [5.74, 6) is -0.321. The Balaban J connectivity index is 2.68. The SMILES string of the molecule is C=C[N+]1(OC(C)=O)C=NCC1. The Morgan fingerprint density at radius 1 is 1.91 bits per heavy atom. The number of carbonyl (C=O) groups is 1. The lowest BCUT2D eigenvalue weighted by molar-refractivity contribution is -0.964. The van der Waals surface area contributed by atoms with Crippen molar-refractivity contribution in [2.75, 3.05) is 13.1 Å². The number of hydrogen-bond donors (Lipinski definition) is 0. The van der Waals surface area contributed by atoms with Gasteiger partial charge in [0.2, 0.25) is 6.34 Å². The van der Waals surface area contributed by atoms with Crippen molar-refractivity contribution in [2.24, 2.45) is 4.99 Å².